The van der Waals surface area contributed by atoms with Crippen molar-refractivity contribution in [3.05, 3.63) is 12.3 Å². The van der Waals surface area contributed by atoms with E-state index in [0.717, 1.165) is 12.1 Å². The van der Waals surface area contributed by atoms with Crippen LogP contribution in [0.5, 0.6) is 0 Å². The molecule has 0 nitrogen and oxygen atoms in total. The molecule has 66 valence electrons. The van der Waals surface area contributed by atoms with Gasteiger partial charge in [0, 0.05) is 0 Å². The molecule has 11 heavy (non-hydrogen) atoms. The smallest absolute Gasteiger partial charge is 0.126 e. The molecule has 5 heteroatoms. The third kappa shape index (κ3) is 7.41. The van der Waals surface area contributed by atoms with Crippen molar-refractivity contribution in [2.45, 2.75) is 25.2 Å². The molecule has 0 aromatic heterocycles. The fraction of sp³-hybridized carbons (Fsp3) is 0.667. The SMILES string of the molecule is C=C[Si](C)(C)CC[Si](Cl)(Cl)Cl. The first-order valence-corrected chi connectivity index (χ1v) is 12.0. The maximum absolute atomic E-state index is 5.75. The normalized spacial score (nSPS) is 13.2. The Hall–Kier alpha value is 1.04. The zero-order valence-electron chi connectivity index (χ0n) is 6.83. The lowest BCUT2D eigenvalue weighted by Gasteiger charge is -2.18. The Morgan fingerprint density at radius 2 is 1.64 bits per heavy atom. The van der Waals surface area contributed by atoms with Crippen LogP contribution in [0.3, 0.4) is 0 Å². The van der Waals surface area contributed by atoms with E-state index in [1.807, 2.05) is 5.70 Å². The van der Waals surface area contributed by atoms with Gasteiger partial charge in [-0.25, -0.2) is 0 Å². The van der Waals surface area contributed by atoms with Crippen LogP contribution in [0.1, 0.15) is 0 Å². The van der Waals surface area contributed by atoms with E-state index in [4.69, 9.17) is 33.2 Å². The summed E-state index contributed by atoms with van der Waals surface area (Å²) >= 11 is 17.3. The number of hydrogen-bond donors (Lipinski definition) is 0. The summed E-state index contributed by atoms with van der Waals surface area (Å²) in [4.78, 5) is 0. The highest BCUT2D eigenvalue weighted by Crippen LogP contribution is 2.29. The van der Waals surface area contributed by atoms with Crippen LogP contribution in [0, 0.1) is 0 Å². The maximum atomic E-state index is 5.75. The van der Waals surface area contributed by atoms with Crippen molar-refractivity contribution in [1.29, 1.82) is 0 Å². The second kappa shape index (κ2) is 4.33. The Morgan fingerprint density at radius 3 is 1.91 bits per heavy atom. The average Bonchev–Trinajstić information content (AvgIpc) is 1.83. The molecule has 0 aliphatic carbocycles. The third-order valence-corrected chi connectivity index (χ3v) is 7.27. The Labute approximate surface area is 84.7 Å². The molecule has 0 atom stereocenters. The zero-order valence-corrected chi connectivity index (χ0v) is 11.1. The Balaban J connectivity index is 3.79. The summed E-state index contributed by atoms with van der Waals surface area (Å²) in [5.41, 5.74) is 2.04. The van der Waals surface area contributed by atoms with Crippen molar-refractivity contribution in [3.8, 4) is 0 Å². The minimum Gasteiger partial charge on any atom is -0.126 e. The van der Waals surface area contributed by atoms with E-state index in [0.29, 0.717) is 0 Å². The van der Waals surface area contributed by atoms with Crippen LogP contribution in [-0.2, 0) is 0 Å². The van der Waals surface area contributed by atoms with Gasteiger partial charge in [0.25, 0.3) is 0 Å². The number of rotatable bonds is 4. The highest BCUT2D eigenvalue weighted by atomic mass is 35.8. The van der Waals surface area contributed by atoms with Gasteiger partial charge in [0.05, 0.1) is 8.07 Å². The van der Waals surface area contributed by atoms with E-state index < -0.39 is 14.1 Å². The maximum Gasteiger partial charge on any atom is 0.341 e. The Morgan fingerprint density at radius 1 is 1.18 bits per heavy atom. The van der Waals surface area contributed by atoms with Gasteiger partial charge in [-0.15, -0.1) is 45.5 Å². The summed E-state index contributed by atoms with van der Waals surface area (Å²) < 4.78 is 0. The lowest BCUT2D eigenvalue weighted by atomic mass is 10.9. The first-order chi connectivity index (χ1) is 4.77. The van der Waals surface area contributed by atoms with Crippen LogP contribution < -0.4 is 0 Å². The summed E-state index contributed by atoms with van der Waals surface area (Å²) in [6.45, 7) is 8.23. The molecule has 0 fully saturated rings. The summed E-state index contributed by atoms with van der Waals surface area (Å²) in [7, 11) is -1.24. The van der Waals surface area contributed by atoms with Crippen molar-refractivity contribution in [2.24, 2.45) is 0 Å². The van der Waals surface area contributed by atoms with Gasteiger partial charge in [0.2, 0.25) is 0 Å². The molecule has 0 N–H and O–H groups in total. The number of halogens is 3. The molecular formula is C6H13Cl3Si2. The van der Waals surface area contributed by atoms with Crippen molar-refractivity contribution in [3.63, 3.8) is 0 Å². The van der Waals surface area contributed by atoms with Gasteiger partial charge in [-0.3, -0.25) is 0 Å². The highest BCUT2D eigenvalue weighted by Gasteiger charge is 2.28. The van der Waals surface area contributed by atoms with Crippen LogP contribution in [0.25, 0.3) is 0 Å². The van der Waals surface area contributed by atoms with Crippen LogP contribution in [-0.4, -0.2) is 14.1 Å². The highest BCUT2D eigenvalue weighted by molar-refractivity contribution is 7.64. The van der Waals surface area contributed by atoms with Crippen molar-refractivity contribution >= 4 is 47.3 Å². The van der Waals surface area contributed by atoms with E-state index in [-0.39, 0.29) is 0 Å². The first-order valence-electron chi connectivity index (χ1n) is 3.47. The molecule has 0 spiro atoms. The molecule has 0 saturated heterocycles. The van der Waals surface area contributed by atoms with Gasteiger partial charge in [-0.05, 0) is 6.04 Å². The molecule has 0 bridgehead atoms. The van der Waals surface area contributed by atoms with E-state index in [9.17, 15) is 0 Å². The molecule has 0 aromatic rings. The van der Waals surface area contributed by atoms with Gasteiger partial charge in [0.1, 0.15) is 0 Å². The number of hydrogen-bond acceptors (Lipinski definition) is 0. The Bertz CT molecular complexity index is 139. The van der Waals surface area contributed by atoms with Crippen molar-refractivity contribution in [1.82, 2.24) is 0 Å². The molecule has 0 heterocycles. The molecule has 0 unspecified atom stereocenters. The minimum absolute atomic E-state index is 0.767. The minimum atomic E-state index is -2.38. The van der Waals surface area contributed by atoms with Gasteiger partial charge in [-0.2, -0.15) is 0 Å². The second-order valence-electron chi connectivity index (χ2n) is 3.31. The van der Waals surface area contributed by atoms with E-state index in [1.165, 1.54) is 0 Å². The van der Waals surface area contributed by atoms with Gasteiger partial charge in [-0.1, -0.05) is 19.1 Å². The molecule has 0 saturated carbocycles. The summed E-state index contributed by atoms with van der Waals surface area (Å²) in [5, 5.41) is 0. The summed E-state index contributed by atoms with van der Waals surface area (Å²) in [5.74, 6) is 0. The first kappa shape index (κ1) is 12.0. The fourth-order valence-corrected chi connectivity index (χ4v) is 7.03. The molecule has 0 aliphatic heterocycles. The standard InChI is InChI=1S/C6H13Cl3Si2/c1-4-10(2,3)5-6-11(7,8)9/h4H,1,5-6H2,2-3H3. The fourth-order valence-electron chi connectivity index (χ4n) is 0.566. The molecule has 0 radical (unpaired) electrons. The second-order valence-corrected chi connectivity index (χ2v) is 17.5. The van der Waals surface area contributed by atoms with Gasteiger partial charge < -0.3 is 0 Å². The summed E-state index contributed by atoms with van der Waals surface area (Å²) in [6, 6.07) is -0.572. The van der Waals surface area contributed by atoms with Gasteiger partial charge >= 0.3 is 6.00 Å². The van der Waals surface area contributed by atoms with Crippen LogP contribution in [0.2, 0.25) is 25.2 Å². The average molecular weight is 248 g/mol. The lowest BCUT2D eigenvalue weighted by molar-refractivity contribution is 1.35. The lowest BCUT2D eigenvalue weighted by Crippen LogP contribution is -2.24. The molecule has 0 aliphatic rings. The van der Waals surface area contributed by atoms with Gasteiger partial charge in [0.15, 0.2) is 0 Å². The molecule has 0 rings (SSSR count). The van der Waals surface area contributed by atoms with Crippen LogP contribution in [0.4, 0.5) is 0 Å². The van der Waals surface area contributed by atoms with Crippen molar-refractivity contribution in [2.75, 3.05) is 0 Å². The summed E-state index contributed by atoms with van der Waals surface area (Å²) in [6.07, 6.45) is 0. The largest absolute Gasteiger partial charge is 0.341 e. The molecular weight excluding hydrogens is 235 g/mol. The topological polar surface area (TPSA) is 0 Å². The van der Waals surface area contributed by atoms with E-state index in [1.54, 1.807) is 0 Å². The zero-order chi connectivity index (χ0) is 9.12. The third-order valence-electron chi connectivity index (χ3n) is 1.61. The van der Waals surface area contributed by atoms with Crippen LogP contribution >= 0.6 is 33.2 Å². The van der Waals surface area contributed by atoms with Crippen LogP contribution in [0.15, 0.2) is 12.3 Å². The predicted molar refractivity (Wildman–Crippen MR) is 60.6 cm³/mol. The van der Waals surface area contributed by atoms with E-state index >= 15 is 0 Å². The predicted octanol–water partition coefficient (Wildman–Crippen LogP) is 4.08. The van der Waals surface area contributed by atoms with E-state index in [2.05, 4.69) is 19.7 Å². The monoisotopic (exact) mass is 246 g/mol. The molecule has 0 aromatic carbocycles. The quantitative estimate of drug-likeness (QED) is 0.519. The Kier molecular flexibility index (Phi) is 4.74. The molecule has 0 amide bonds. The van der Waals surface area contributed by atoms with Crippen molar-refractivity contribution < 1.29 is 0 Å².